The van der Waals surface area contributed by atoms with E-state index in [4.69, 9.17) is 4.52 Å². The lowest BCUT2D eigenvalue weighted by atomic mass is 10.2. The summed E-state index contributed by atoms with van der Waals surface area (Å²) in [6, 6.07) is 0. The van der Waals surface area contributed by atoms with Crippen LogP contribution in [0.2, 0.25) is 0 Å². The molecule has 1 N–H and O–H groups in total. The average Bonchev–Trinajstić information content (AvgIpc) is 2.86. The fourth-order valence-corrected chi connectivity index (χ4v) is 2.13. The number of unbranched alkanes of at least 4 members (excludes halogenated alkanes) is 1. The summed E-state index contributed by atoms with van der Waals surface area (Å²) in [6.45, 7) is 6.20. The Bertz CT molecular complexity index is 702. The van der Waals surface area contributed by atoms with E-state index < -0.39 is 0 Å². The van der Waals surface area contributed by atoms with Crippen LogP contribution in [-0.4, -0.2) is 27.2 Å². The minimum absolute atomic E-state index is 0.0361. The molecule has 2 aromatic heterocycles. The highest BCUT2D eigenvalue weighted by Gasteiger charge is 2.17. The van der Waals surface area contributed by atoms with Gasteiger partial charge >= 0.3 is 0 Å². The van der Waals surface area contributed by atoms with Crippen LogP contribution in [0.25, 0.3) is 11.1 Å². The van der Waals surface area contributed by atoms with Gasteiger partial charge in [0.15, 0.2) is 0 Å². The van der Waals surface area contributed by atoms with E-state index in [-0.39, 0.29) is 23.7 Å². The summed E-state index contributed by atoms with van der Waals surface area (Å²) in [5.41, 5.74) is 0.529. The van der Waals surface area contributed by atoms with E-state index in [1.807, 2.05) is 6.92 Å². The Morgan fingerprint density at radius 2 is 2.14 bits per heavy atom. The second kappa shape index (κ2) is 6.51. The smallest absolute Gasteiger partial charge is 0.267 e. The standard InChI is InChI=1S/C14H20N4O3/c1-4-6-7-15-11(19)8-18-9(3)16-13-12(14(18)20)10(5-2)17-21-13/h4-8H2,1-3H3,(H,15,19). The first-order chi connectivity index (χ1) is 10.1. The molecule has 2 aromatic rings. The molecular formula is C14H20N4O3. The van der Waals surface area contributed by atoms with Crippen molar-refractivity contribution in [2.24, 2.45) is 0 Å². The van der Waals surface area contributed by atoms with Gasteiger partial charge in [-0.2, -0.15) is 4.98 Å². The summed E-state index contributed by atoms with van der Waals surface area (Å²) in [5.74, 6) is 0.251. The van der Waals surface area contributed by atoms with Crippen molar-refractivity contribution in [1.29, 1.82) is 0 Å². The van der Waals surface area contributed by atoms with Gasteiger partial charge in [0, 0.05) is 6.54 Å². The molecule has 2 heterocycles. The Morgan fingerprint density at radius 1 is 1.38 bits per heavy atom. The van der Waals surface area contributed by atoms with E-state index >= 15 is 0 Å². The quantitative estimate of drug-likeness (QED) is 0.807. The van der Waals surface area contributed by atoms with E-state index in [0.29, 0.717) is 29.9 Å². The third-order valence-electron chi connectivity index (χ3n) is 3.35. The Kier molecular flexibility index (Phi) is 4.72. The van der Waals surface area contributed by atoms with E-state index in [2.05, 4.69) is 22.4 Å². The number of aromatic nitrogens is 3. The summed E-state index contributed by atoms with van der Waals surface area (Å²) in [5, 5.41) is 7.00. The lowest BCUT2D eigenvalue weighted by molar-refractivity contribution is -0.121. The van der Waals surface area contributed by atoms with Crippen molar-refractivity contribution < 1.29 is 9.32 Å². The first kappa shape index (κ1) is 15.2. The molecule has 0 radical (unpaired) electrons. The molecular weight excluding hydrogens is 272 g/mol. The number of nitrogens with one attached hydrogen (secondary N) is 1. The van der Waals surface area contributed by atoms with Crippen LogP contribution in [-0.2, 0) is 17.8 Å². The Balaban J connectivity index is 2.31. The normalized spacial score (nSPS) is 11.0. The van der Waals surface area contributed by atoms with Crippen LogP contribution in [0.3, 0.4) is 0 Å². The molecule has 0 unspecified atom stereocenters. The van der Waals surface area contributed by atoms with Gasteiger partial charge in [-0.25, -0.2) is 0 Å². The fraction of sp³-hybridized carbons (Fsp3) is 0.571. The lowest BCUT2D eigenvalue weighted by Gasteiger charge is -2.09. The van der Waals surface area contributed by atoms with Crippen molar-refractivity contribution in [3.05, 3.63) is 21.9 Å². The number of fused-ring (bicyclic) bond motifs is 1. The highest BCUT2D eigenvalue weighted by Crippen LogP contribution is 2.13. The maximum absolute atomic E-state index is 12.5. The third-order valence-corrected chi connectivity index (χ3v) is 3.35. The topological polar surface area (TPSA) is 90.0 Å². The lowest BCUT2D eigenvalue weighted by Crippen LogP contribution is -2.34. The largest absolute Gasteiger partial charge is 0.355 e. The van der Waals surface area contributed by atoms with Gasteiger partial charge in [-0.05, 0) is 19.8 Å². The molecule has 0 aliphatic rings. The minimum Gasteiger partial charge on any atom is -0.355 e. The number of hydrogen-bond acceptors (Lipinski definition) is 5. The molecule has 0 atom stereocenters. The Hall–Kier alpha value is -2.18. The van der Waals surface area contributed by atoms with Gasteiger partial charge in [0.1, 0.15) is 17.8 Å². The molecule has 2 rings (SSSR count). The first-order valence-corrected chi connectivity index (χ1v) is 7.20. The van der Waals surface area contributed by atoms with Crippen molar-refractivity contribution in [2.45, 2.75) is 46.6 Å². The Labute approximate surface area is 122 Å². The first-order valence-electron chi connectivity index (χ1n) is 7.20. The number of carbonyl (C=O) groups excluding carboxylic acids is 1. The SMILES string of the molecule is CCCCNC(=O)Cn1c(C)nc2onc(CC)c2c1=O. The number of aryl methyl sites for hydroxylation is 2. The molecule has 21 heavy (non-hydrogen) atoms. The second-order valence-corrected chi connectivity index (χ2v) is 4.92. The molecule has 0 bridgehead atoms. The van der Waals surface area contributed by atoms with Crippen LogP contribution in [0, 0.1) is 6.92 Å². The summed E-state index contributed by atoms with van der Waals surface area (Å²) >= 11 is 0. The molecule has 0 aliphatic carbocycles. The van der Waals surface area contributed by atoms with E-state index in [9.17, 15) is 9.59 Å². The number of carbonyl (C=O) groups is 1. The van der Waals surface area contributed by atoms with E-state index in [1.165, 1.54) is 4.57 Å². The van der Waals surface area contributed by atoms with Gasteiger partial charge in [-0.3, -0.25) is 14.2 Å². The monoisotopic (exact) mass is 292 g/mol. The van der Waals surface area contributed by atoms with Crippen LogP contribution in [0.15, 0.2) is 9.32 Å². The summed E-state index contributed by atoms with van der Waals surface area (Å²) in [6.07, 6.45) is 2.51. The van der Waals surface area contributed by atoms with Crippen molar-refractivity contribution in [2.75, 3.05) is 6.54 Å². The van der Waals surface area contributed by atoms with Gasteiger partial charge < -0.3 is 9.84 Å². The predicted molar refractivity (Wildman–Crippen MR) is 78.1 cm³/mol. The van der Waals surface area contributed by atoms with Crippen LogP contribution in [0.5, 0.6) is 0 Å². The number of rotatable bonds is 6. The van der Waals surface area contributed by atoms with Crippen LogP contribution >= 0.6 is 0 Å². The molecule has 0 fully saturated rings. The number of hydrogen-bond donors (Lipinski definition) is 1. The van der Waals surface area contributed by atoms with Crippen LogP contribution in [0.1, 0.15) is 38.2 Å². The zero-order chi connectivity index (χ0) is 15.4. The van der Waals surface area contributed by atoms with E-state index in [0.717, 1.165) is 12.8 Å². The zero-order valence-electron chi connectivity index (χ0n) is 12.6. The highest BCUT2D eigenvalue weighted by atomic mass is 16.5. The van der Waals surface area contributed by atoms with Crippen molar-refractivity contribution in [1.82, 2.24) is 20.0 Å². The molecule has 0 saturated carbocycles. The zero-order valence-corrected chi connectivity index (χ0v) is 12.6. The molecule has 0 spiro atoms. The van der Waals surface area contributed by atoms with Gasteiger partial charge in [-0.15, -0.1) is 0 Å². The van der Waals surface area contributed by atoms with Gasteiger partial charge in [0.05, 0.1) is 5.69 Å². The number of amides is 1. The molecule has 1 amide bonds. The Morgan fingerprint density at radius 3 is 2.81 bits per heavy atom. The predicted octanol–water partition coefficient (Wildman–Crippen LogP) is 1.17. The second-order valence-electron chi connectivity index (χ2n) is 4.92. The van der Waals surface area contributed by atoms with Crippen molar-refractivity contribution in [3.63, 3.8) is 0 Å². The van der Waals surface area contributed by atoms with Crippen LogP contribution < -0.4 is 10.9 Å². The van der Waals surface area contributed by atoms with E-state index in [1.54, 1.807) is 6.92 Å². The van der Waals surface area contributed by atoms with Gasteiger partial charge in [-0.1, -0.05) is 25.4 Å². The van der Waals surface area contributed by atoms with Crippen LogP contribution in [0.4, 0.5) is 0 Å². The summed E-state index contributed by atoms with van der Waals surface area (Å²) in [7, 11) is 0. The number of nitrogens with zero attached hydrogens (tertiary/aromatic N) is 3. The fourth-order valence-electron chi connectivity index (χ4n) is 2.13. The third kappa shape index (κ3) is 3.12. The minimum atomic E-state index is -0.277. The van der Waals surface area contributed by atoms with Gasteiger partial charge in [0.25, 0.3) is 11.3 Å². The molecule has 0 saturated heterocycles. The molecule has 0 aromatic carbocycles. The molecule has 7 heteroatoms. The molecule has 7 nitrogen and oxygen atoms in total. The van der Waals surface area contributed by atoms with Crippen molar-refractivity contribution >= 4 is 17.0 Å². The molecule has 0 aliphatic heterocycles. The van der Waals surface area contributed by atoms with Gasteiger partial charge in [0.2, 0.25) is 5.91 Å². The van der Waals surface area contributed by atoms with Crippen molar-refractivity contribution in [3.8, 4) is 0 Å². The summed E-state index contributed by atoms with van der Waals surface area (Å²) < 4.78 is 6.43. The average molecular weight is 292 g/mol. The molecule has 114 valence electrons. The summed E-state index contributed by atoms with van der Waals surface area (Å²) in [4.78, 5) is 28.6. The highest BCUT2D eigenvalue weighted by molar-refractivity contribution is 5.77. The maximum atomic E-state index is 12.5. The maximum Gasteiger partial charge on any atom is 0.267 e.